The van der Waals surface area contributed by atoms with Crippen LogP contribution in [0, 0.1) is 5.92 Å². The van der Waals surface area contributed by atoms with E-state index < -0.39 is 23.8 Å². The van der Waals surface area contributed by atoms with Crippen molar-refractivity contribution in [3.05, 3.63) is 29.8 Å². The minimum absolute atomic E-state index is 0.00101. The maximum Gasteiger partial charge on any atom is 0.573 e. The molecule has 8 heteroatoms. The Labute approximate surface area is 141 Å². The molecule has 1 N–H and O–H groups in total. The molecule has 1 saturated heterocycles. The number of rotatable bonds is 4. The highest BCUT2D eigenvalue weighted by molar-refractivity contribution is 5.95. The van der Waals surface area contributed by atoms with Crippen molar-refractivity contribution in [1.29, 1.82) is 0 Å². The first-order valence-electron chi connectivity index (χ1n) is 8.13. The lowest BCUT2D eigenvalue weighted by molar-refractivity contribution is -0.274. The minimum atomic E-state index is -4.76. The molecule has 0 aromatic heterocycles. The molecule has 1 heterocycles. The summed E-state index contributed by atoms with van der Waals surface area (Å²) in [5, 5.41) is 9.36. The van der Waals surface area contributed by atoms with Gasteiger partial charge >= 0.3 is 12.3 Å². The molecule has 4 rings (SSSR count). The number of fused-ring (bicyclic) bond motifs is 1. The van der Waals surface area contributed by atoms with Crippen LogP contribution < -0.4 is 4.74 Å². The van der Waals surface area contributed by atoms with E-state index in [1.54, 1.807) is 0 Å². The molecule has 1 aliphatic heterocycles. The van der Waals surface area contributed by atoms with Gasteiger partial charge < -0.3 is 14.7 Å². The molecule has 5 nitrogen and oxygen atoms in total. The normalized spacial score (nSPS) is 29.1. The number of hydrogen-bond acceptors (Lipinski definition) is 3. The summed E-state index contributed by atoms with van der Waals surface area (Å²) < 4.78 is 40.6. The van der Waals surface area contributed by atoms with E-state index in [0.717, 1.165) is 6.42 Å². The number of carboxylic acids is 1. The molecule has 0 spiro atoms. The maximum absolute atomic E-state index is 13.0. The van der Waals surface area contributed by atoms with Gasteiger partial charge in [0, 0.05) is 6.04 Å². The van der Waals surface area contributed by atoms with Crippen molar-refractivity contribution in [2.24, 2.45) is 5.92 Å². The van der Waals surface area contributed by atoms with Crippen LogP contribution >= 0.6 is 0 Å². The Kier molecular flexibility index (Phi) is 3.33. The molecule has 0 radical (unpaired) electrons. The Morgan fingerprint density at radius 2 is 1.80 bits per heavy atom. The fraction of sp³-hybridized carbons (Fsp3) is 0.529. The summed E-state index contributed by atoms with van der Waals surface area (Å²) >= 11 is 0. The van der Waals surface area contributed by atoms with Gasteiger partial charge in [0.15, 0.2) is 0 Å². The summed E-state index contributed by atoms with van der Waals surface area (Å²) in [6.07, 6.45) is -2.29. The quantitative estimate of drug-likeness (QED) is 0.902. The molecule has 134 valence electrons. The Morgan fingerprint density at radius 3 is 2.32 bits per heavy atom. The lowest BCUT2D eigenvalue weighted by Crippen LogP contribution is -2.47. The lowest BCUT2D eigenvalue weighted by atomic mass is 9.93. The smallest absolute Gasteiger partial charge is 0.480 e. The van der Waals surface area contributed by atoms with Crippen LogP contribution in [0.15, 0.2) is 24.3 Å². The number of amides is 1. The Hall–Kier alpha value is -2.25. The van der Waals surface area contributed by atoms with Gasteiger partial charge in [0.1, 0.15) is 11.8 Å². The first-order chi connectivity index (χ1) is 11.7. The van der Waals surface area contributed by atoms with Crippen LogP contribution in [0.4, 0.5) is 13.2 Å². The van der Waals surface area contributed by atoms with Crippen molar-refractivity contribution < 1.29 is 32.6 Å². The van der Waals surface area contributed by atoms with Gasteiger partial charge in [-0.15, -0.1) is 13.2 Å². The van der Waals surface area contributed by atoms with Crippen molar-refractivity contribution in [1.82, 2.24) is 4.90 Å². The number of carboxylic acid groups (broad SMARTS) is 1. The zero-order valence-corrected chi connectivity index (χ0v) is 13.1. The third-order valence-corrected chi connectivity index (χ3v) is 5.42. The number of hydrogen-bond donors (Lipinski definition) is 1. The van der Waals surface area contributed by atoms with Crippen molar-refractivity contribution in [3.8, 4) is 5.75 Å². The number of halogens is 3. The largest absolute Gasteiger partial charge is 0.573 e. The van der Waals surface area contributed by atoms with E-state index in [9.17, 15) is 27.9 Å². The van der Waals surface area contributed by atoms with Gasteiger partial charge in [-0.3, -0.25) is 4.79 Å². The molecular weight excluding hydrogens is 339 g/mol. The number of likely N-dealkylation sites (tertiary alicyclic amines) is 1. The summed E-state index contributed by atoms with van der Waals surface area (Å²) in [4.78, 5) is 26.0. The average Bonchev–Trinajstić information content (AvgIpc) is 3.43. The number of alkyl halides is 3. The number of nitrogens with zero attached hydrogens (tertiary/aromatic N) is 1. The van der Waals surface area contributed by atoms with Gasteiger partial charge in [0.25, 0.3) is 0 Å². The number of benzene rings is 1. The molecule has 0 bridgehead atoms. The fourth-order valence-electron chi connectivity index (χ4n) is 3.94. The van der Waals surface area contributed by atoms with Gasteiger partial charge in [-0.2, -0.15) is 0 Å². The number of ether oxygens (including phenoxy) is 1. The Bertz CT molecular complexity index is 726. The highest BCUT2D eigenvalue weighted by atomic mass is 19.4. The number of carbonyl (C=O) groups excluding carboxylic acids is 1. The molecule has 3 atom stereocenters. The highest BCUT2D eigenvalue weighted by Gasteiger charge is 2.62. The third kappa shape index (κ3) is 2.73. The van der Waals surface area contributed by atoms with Crippen molar-refractivity contribution in [3.63, 3.8) is 0 Å². The second-order valence-electron chi connectivity index (χ2n) is 7.02. The molecule has 1 amide bonds. The molecule has 1 aromatic carbocycles. The number of aliphatic carboxylic acids is 1. The van der Waals surface area contributed by atoms with Crippen molar-refractivity contribution >= 4 is 11.9 Å². The van der Waals surface area contributed by atoms with Crippen LogP contribution in [0.3, 0.4) is 0 Å². The van der Waals surface area contributed by atoms with Crippen LogP contribution in [-0.4, -0.2) is 40.3 Å². The number of carbonyl (C=O) groups is 2. The predicted molar refractivity (Wildman–Crippen MR) is 78.8 cm³/mol. The van der Waals surface area contributed by atoms with Crippen molar-refractivity contribution in [2.75, 3.05) is 0 Å². The molecule has 1 aromatic rings. The summed E-state index contributed by atoms with van der Waals surface area (Å²) in [6.45, 7) is 0. The SMILES string of the molecule is O=C(O)[C@@H]1C[C@H]2C[C@H]2N1C(=O)C1(c2ccc(OC(F)(F)F)cc2)CC1. The minimum Gasteiger partial charge on any atom is -0.480 e. The van der Waals surface area contributed by atoms with Crippen LogP contribution in [0.2, 0.25) is 0 Å². The first-order valence-corrected chi connectivity index (χ1v) is 8.13. The second kappa shape index (κ2) is 5.12. The van der Waals surface area contributed by atoms with Crippen molar-refractivity contribution in [2.45, 2.75) is 49.5 Å². The summed E-state index contributed by atoms with van der Waals surface area (Å²) in [6, 6.07) is 4.51. The van der Waals surface area contributed by atoms with E-state index in [0.29, 0.717) is 24.8 Å². The van der Waals surface area contributed by atoms with E-state index in [4.69, 9.17) is 0 Å². The Morgan fingerprint density at radius 1 is 1.16 bits per heavy atom. The topological polar surface area (TPSA) is 66.8 Å². The van der Waals surface area contributed by atoms with Gasteiger partial charge in [-0.1, -0.05) is 12.1 Å². The lowest BCUT2D eigenvalue weighted by Gasteiger charge is -2.29. The Balaban J connectivity index is 1.56. The predicted octanol–water partition coefficient (Wildman–Crippen LogP) is 2.69. The van der Waals surface area contributed by atoms with Crippen LogP contribution in [-0.2, 0) is 15.0 Å². The van der Waals surface area contributed by atoms with Gasteiger partial charge in [0.05, 0.1) is 5.41 Å². The highest BCUT2D eigenvalue weighted by Crippen LogP contribution is 2.55. The van der Waals surface area contributed by atoms with Gasteiger partial charge in [-0.25, -0.2) is 4.79 Å². The standard InChI is InChI=1S/C17H16F3NO4/c18-17(19,20)25-11-3-1-10(2-4-11)16(5-6-16)15(24)21-12-7-9(12)8-13(21)14(22)23/h1-4,9,12-13H,5-8H2,(H,22,23)/t9-,12-,13+/m1/s1. The summed E-state index contributed by atoms with van der Waals surface area (Å²) in [5.41, 5.74) is -0.192. The molecule has 3 aliphatic rings. The molecule has 0 unspecified atom stereocenters. The zero-order valence-electron chi connectivity index (χ0n) is 13.1. The van der Waals surface area contributed by atoms with E-state index >= 15 is 0 Å². The van der Waals surface area contributed by atoms with Crippen LogP contribution in [0.1, 0.15) is 31.2 Å². The van der Waals surface area contributed by atoms with E-state index in [-0.39, 0.29) is 23.6 Å². The molecule has 2 saturated carbocycles. The number of piperidine rings is 1. The summed E-state index contributed by atoms with van der Waals surface area (Å²) in [7, 11) is 0. The third-order valence-electron chi connectivity index (χ3n) is 5.42. The van der Waals surface area contributed by atoms with Crippen LogP contribution in [0.5, 0.6) is 5.75 Å². The molecule has 3 fully saturated rings. The monoisotopic (exact) mass is 355 g/mol. The molecule has 25 heavy (non-hydrogen) atoms. The van der Waals surface area contributed by atoms with E-state index in [2.05, 4.69) is 4.74 Å². The average molecular weight is 355 g/mol. The van der Waals surface area contributed by atoms with Gasteiger partial charge in [-0.05, 0) is 49.3 Å². The molecule has 2 aliphatic carbocycles. The van der Waals surface area contributed by atoms with Crippen LogP contribution in [0.25, 0.3) is 0 Å². The van der Waals surface area contributed by atoms with Gasteiger partial charge in [0.2, 0.25) is 5.91 Å². The second-order valence-corrected chi connectivity index (χ2v) is 7.02. The zero-order chi connectivity index (χ0) is 18.0. The maximum atomic E-state index is 13.0. The first kappa shape index (κ1) is 16.2. The van der Waals surface area contributed by atoms with E-state index in [1.807, 2.05) is 0 Å². The molecular formula is C17H16F3NO4. The summed E-state index contributed by atoms with van der Waals surface area (Å²) in [5.74, 6) is -1.28. The van der Waals surface area contributed by atoms with E-state index in [1.165, 1.54) is 29.2 Å². The fourth-order valence-corrected chi connectivity index (χ4v) is 3.94.